The van der Waals surface area contributed by atoms with Gasteiger partial charge >= 0.3 is 33.3 Å². The maximum absolute atomic E-state index is 5.19. The zero-order valence-electron chi connectivity index (χ0n) is 19.1. The topological polar surface area (TPSA) is 28.6 Å². The molecule has 0 saturated heterocycles. The Morgan fingerprint density at radius 3 is 2.09 bits per heavy atom. The molecule has 1 aliphatic carbocycles. The van der Waals surface area contributed by atoms with E-state index < -0.39 is 0 Å². The van der Waals surface area contributed by atoms with E-state index >= 15 is 0 Å². The van der Waals surface area contributed by atoms with Crippen LogP contribution in [0.1, 0.15) is 27.9 Å². The van der Waals surface area contributed by atoms with Crippen molar-refractivity contribution in [2.45, 2.75) is 20.3 Å². The minimum atomic E-state index is 0.194. The van der Waals surface area contributed by atoms with Gasteiger partial charge in [0.15, 0.2) is 0 Å². The average molecular weight is 530 g/mol. The monoisotopic (exact) mass is 529 g/mol. The van der Waals surface area contributed by atoms with Crippen LogP contribution >= 0.6 is 20.2 Å². The summed E-state index contributed by atoms with van der Waals surface area (Å²) in [4.78, 5) is 10.3. The van der Waals surface area contributed by atoms with Gasteiger partial charge in [-0.15, -0.1) is 0 Å². The molecule has 3 aromatic carbocycles. The van der Waals surface area contributed by atoms with Gasteiger partial charge in [-0.1, -0.05) is 72.8 Å². The fourth-order valence-corrected chi connectivity index (χ4v) is 4.38. The molecule has 5 rings (SSSR count). The molecule has 0 saturated carbocycles. The van der Waals surface area contributed by atoms with Crippen molar-refractivity contribution in [3.05, 3.63) is 114 Å². The summed E-state index contributed by atoms with van der Waals surface area (Å²) in [5.74, 6) is 0. The predicted octanol–water partition coefficient (Wildman–Crippen LogP) is 6.93. The molecule has 0 bridgehead atoms. The molecule has 0 radical (unpaired) electrons. The Morgan fingerprint density at radius 2 is 1.44 bits per heavy atom. The van der Waals surface area contributed by atoms with Crippen molar-refractivity contribution in [1.29, 1.82) is 0 Å². The van der Waals surface area contributed by atoms with E-state index in [9.17, 15) is 0 Å². The third kappa shape index (κ3) is 5.06. The van der Waals surface area contributed by atoms with Crippen LogP contribution in [0.15, 0.2) is 89.0 Å². The van der Waals surface area contributed by atoms with E-state index in [1.807, 2.05) is 22.9 Å². The second-order valence-corrected chi connectivity index (χ2v) is 9.93. The number of aromatic nitrogens is 1. The first kappa shape index (κ1) is 24.5. The fraction of sp³-hybridized carbons (Fsp3) is 0.143. The zero-order chi connectivity index (χ0) is 24.1. The molecule has 3 nitrogen and oxygen atoms in total. The van der Waals surface area contributed by atoms with Gasteiger partial charge in [0.1, 0.15) is 0 Å². The van der Waals surface area contributed by atoms with E-state index in [4.69, 9.17) is 30.2 Å². The number of hydrogen-bond donors (Lipinski definition) is 0. The molecule has 1 aromatic heterocycles. The van der Waals surface area contributed by atoms with Gasteiger partial charge in [0.05, 0.1) is 29.0 Å². The van der Waals surface area contributed by atoms with Crippen molar-refractivity contribution in [2.75, 3.05) is 6.54 Å². The molecule has 0 unspecified atom stereocenters. The molecule has 0 atom stereocenters. The number of aryl methyl sites for hydroxylation is 2. The summed E-state index contributed by atoms with van der Waals surface area (Å²) in [6.07, 6.45) is 2.80. The molecule has 34 heavy (non-hydrogen) atoms. The van der Waals surface area contributed by atoms with Gasteiger partial charge in [-0.3, -0.25) is 4.99 Å². The summed E-state index contributed by atoms with van der Waals surface area (Å²) < 4.78 is 1.91. The first-order valence-electron chi connectivity index (χ1n) is 10.9. The number of halogens is 2. The van der Waals surface area contributed by atoms with Gasteiger partial charge in [-0.25, -0.2) is 4.99 Å². The van der Waals surface area contributed by atoms with Gasteiger partial charge in [0, 0.05) is 36.5 Å². The van der Waals surface area contributed by atoms with Crippen LogP contribution in [0.5, 0.6) is 0 Å². The number of para-hydroxylation sites is 1. The third-order valence-electron chi connectivity index (χ3n) is 5.97. The van der Waals surface area contributed by atoms with Crippen LogP contribution in [0, 0.1) is 20.9 Å². The Hall–Kier alpha value is -2.62. The van der Waals surface area contributed by atoms with Crippen molar-refractivity contribution in [3.8, 4) is 0 Å². The Bertz CT molecular complexity index is 1370. The molecule has 0 aliphatic heterocycles. The van der Waals surface area contributed by atoms with E-state index in [0.717, 1.165) is 29.2 Å². The first-order valence-corrected chi connectivity index (χ1v) is 14.0. The number of benzene rings is 3. The number of nitrogens with zero attached hydrogens (tertiary/aromatic N) is 3. The van der Waals surface area contributed by atoms with Crippen molar-refractivity contribution < 1.29 is 17.7 Å². The molecular weight excluding hydrogens is 505 g/mol. The summed E-state index contributed by atoms with van der Waals surface area (Å²) in [6, 6.07) is 25.3. The molecule has 0 N–H and O–H groups in total. The van der Waals surface area contributed by atoms with Crippen molar-refractivity contribution >= 4 is 48.1 Å². The molecule has 173 valence electrons. The molecule has 0 amide bonds. The van der Waals surface area contributed by atoms with Gasteiger partial charge in [0.2, 0.25) is 0 Å². The summed E-state index contributed by atoms with van der Waals surface area (Å²) >= 11 is 0.194. The quantitative estimate of drug-likeness (QED) is 0.156. The maximum atomic E-state index is 5.19. The van der Waals surface area contributed by atoms with Crippen LogP contribution in [0.3, 0.4) is 0 Å². The minimum absolute atomic E-state index is 0.194. The first-order chi connectivity index (χ1) is 16.5. The van der Waals surface area contributed by atoms with E-state index in [1.165, 1.54) is 33.0 Å². The summed E-state index contributed by atoms with van der Waals surface area (Å²) in [5, 5.41) is 2.48. The van der Waals surface area contributed by atoms with Crippen LogP contribution in [-0.4, -0.2) is 18.0 Å². The van der Waals surface area contributed by atoms with Gasteiger partial charge in [-0.2, -0.15) is 0 Å². The Labute approximate surface area is 215 Å². The number of rotatable bonds is 4. The average Bonchev–Trinajstić information content (AvgIpc) is 3.13. The fourth-order valence-electron chi connectivity index (χ4n) is 4.38. The van der Waals surface area contributed by atoms with Crippen LogP contribution < -0.4 is 4.57 Å². The summed E-state index contributed by atoms with van der Waals surface area (Å²) in [6.45, 7) is 4.92. The molecule has 0 fully saturated rings. The normalized spacial score (nSPS) is 14.5. The van der Waals surface area contributed by atoms with E-state index in [2.05, 4.69) is 81.6 Å². The van der Waals surface area contributed by atoms with Crippen molar-refractivity contribution in [1.82, 2.24) is 0 Å². The zero-order valence-corrected chi connectivity index (χ0v) is 21.7. The van der Waals surface area contributed by atoms with Crippen LogP contribution in [0.2, 0.25) is 0 Å². The number of pyridine rings is 1. The second-order valence-electron chi connectivity index (χ2n) is 8.10. The van der Waals surface area contributed by atoms with Crippen LogP contribution in [-0.2, 0) is 19.6 Å². The molecule has 1 heterocycles. The van der Waals surface area contributed by atoms with Crippen LogP contribution in [0.25, 0.3) is 10.8 Å². The van der Waals surface area contributed by atoms with E-state index in [0.29, 0.717) is 6.54 Å². The van der Waals surface area contributed by atoms with Gasteiger partial charge < -0.3 is 4.57 Å². The third-order valence-corrected chi connectivity index (χ3v) is 5.97. The Balaban J connectivity index is 0.000000868. The predicted molar refractivity (Wildman–Crippen MR) is 140 cm³/mol. The molecule has 1 aliphatic rings. The summed E-state index contributed by atoms with van der Waals surface area (Å²) in [7, 11) is 13.6. The molecule has 4 aromatic rings. The SMILES string of the molecule is [CH2-][n+]1ccccc1CCN=C1C(=Nc2c(C)cccc2C)c2cccc3cccc1c23.[Cl][Fe+][Cl]. The standard InChI is InChI=1S/C28H25N3.2ClH.Fe/c1-19-9-6-10-20(2)26(19)30-28-24-15-8-12-21-11-7-14-23(25(21)24)27(28)29-17-16-22-13-4-5-18-31(22)3;;;/h4-15,18H,3,16-17H2,1-2H3;2*1H;/q;;;+3/p-2. The van der Waals surface area contributed by atoms with Crippen LogP contribution in [0.4, 0.5) is 5.69 Å². The van der Waals surface area contributed by atoms with Crippen molar-refractivity contribution in [3.63, 3.8) is 0 Å². The van der Waals surface area contributed by atoms with Gasteiger partial charge in [-0.05, 0) is 30.4 Å². The van der Waals surface area contributed by atoms with Crippen molar-refractivity contribution in [2.24, 2.45) is 9.98 Å². The molecule has 6 heteroatoms. The van der Waals surface area contributed by atoms with Gasteiger partial charge in [0.25, 0.3) is 0 Å². The Kier molecular flexibility index (Phi) is 8.07. The Morgan fingerprint density at radius 1 is 0.824 bits per heavy atom. The molecular formula is C28H25Cl2FeN3+. The van der Waals surface area contributed by atoms with E-state index in [1.54, 1.807) is 0 Å². The number of hydrogen-bond acceptors (Lipinski definition) is 2. The summed E-state index contributed by atoms with van der Waals surface area (Å²) in [5.41, 5.74) is 8.85. The second kappa shape index (κ2) is 11.2. The number of aliphatic imine (C=N–C) groups is 2. The van der Waals surface area contributed by atoms with E-state index in [-0.39, 0.29) is 13.1 Å². The molecule has 0 spiro atoms.